The van der Waals surface area contributed by atoms with Crippen molar-refractivity contribution in [1.82, 2.24) is 14.7 Å². The minimum atomic E-state index is 0.101. The zero-order chi connectivity index (χ0) is 17.0. The summed E-state index contributed by atoms with van der Waals surface area (Å²) in [5, 5.41) is 0. The fraction of sp³-hybridized carbons (Fsp3) is 0.889. The van der Waals surface area contributed by atoms with Gasteiger partial charge in [0, 0.05) is 57.6 Å². The topological polar surface area (TPSA) is 43.9 Å². The number of nitrogens with zero attached hydrogens (tertiary/aromatic N) is 3. The highest BCUT2D eigenvalue weighted by Gasteiger charge is 2.27. The molecule has 2 aliphatic heterocycles. The number of hydrogen-bond donors (Lipinski definition) is 0. The van der Waals surface area contributed by atoms with E-state index in [1.807, 2.05) is 37.5 Å². The molecular formula is C18H33N3O2. The summed E-state index contributed by atoms with van der Waals surface area (Å²) in [7, 11) is 0. The minimum absolute atomic E-state index is 0.101. The first-order chi connectivity index (χ1) is 10.9. The molecule has 0 unspecified atom stereocenters. The zero-order valence-electron chi connectivity index (χ0n) is 15.3. The van der Waals surface area contributed by atoms with Gasteiger partial charge in [0.1, 0.15) is 0 Å². The normalized spacial score (nSPS) is 21.3. The third-order valence-electron chi connectivity index (χ3n) is 5.11. The lowest BCUT2D eigenvalue weighted by atomic mass is 9.95. The van der Waals surface area contributed by atoms with Crippen molar-refractivity contribution in [2.45, 2.75) is 40.5 Å². The molecule has 0 saturated carbocycles. The minimum Gasteiger partial charge on any atom is -0.342 e. The first-order valence-electron chi connectivity index (χ1n) is 9.18. The van der Waals surface area contributed by atoms with Gasteiger partial charge in [0.05, 0.1) is 0 Å². The van der Waals surface area contributed by atoms with Gasteiger partial charge in [0.15, 0.2) is 0 Å². The van der Waals surface area contributed by atoms with Gasteiger partial charge < -0.3 is 9.80 Å². The predicted molar refractivity (Wildman–Crippen MR) is 92.0 cm³/mol. The van der Waals surface area contributed by atoms with E-state index in [-0.39, 0.29) is 17.7 Å². The molecule has 2 fully saturated rings. The average Bonchev–Trinajstić information content (AvgIpc) is 2.54. The van der Waals surface area contributed by atoms with E-state index in [4.69, 9.17) is 0 Å². The summed E-state index contributed by atoms with van der Waals surface area (Å²) >= 11 is 0. The molecule has 2 aliphatic rings. The molecule has 0 bridgehead atoms. The Bertz CT molecular complexity index is 368. The van der Waals surface area contributed by atoms with Crippen LogP contribution in [0.3, 0.4) is 0 Å². The van der Waals surface area contributed by atoms with Gasteiger partial charge in [-0.05, 0) is 18.8 Å². The molecule has 0 atom stereocenters. The average molecular weight is 323 g/mol. The van der Waals surface area contributed by atoms with E-state index < -0.39 is 0 Å². The molecule has 23 heavy (non-hydrogen) atoms. The summed E-state index contributed by atoms with van der Waals surface area (Å²) in [4.78, 5) is 30.6. The monoisotopic (exact) mass is 323 g/mol. The number of carbonyl (C=O) groups excluding carboxylic acids is 2. The van der Waals surface area contributed by atoms with E-state index >= 15 is 0 Å². The van der Waals surface area contributed by atoms with Crippen molar-refractivity contribution in [2.24, 2.45) is 17.8 Å². The van der Waals surface area contributed by atoms with Gasteiger partial charge in [-0.25, -0.2) is 0 Å². The lowest BCUT2D eigenvalue weighted by molar-refractivity contribution is -0.136. The van der Waals surface area contributed by atoms with Crippen molar-refractivity contribution in [1.29, 1.82) is 0 Å². The Balaban J connectivity index is 1.70. The highest BCUT2D eigenvalue weighted by atomic mass is 16.2. The van der Waals surface area contributed by atoms with Crippen molar-refractivity contribution in [3.8, 4) is 0 Å². The number of amides is 2. The van der Waals surface area contributed by atoms with Crippen LogP contribution >= 0.6 is 0 Å². The summed E-state index contributed by atoms with van der Waals surface area (Å²) in [5.41, 5.74) is 0. The molecule has 5 nitrogen and oxygen atoms in total. The van der Waals surface area contributed by atoms with E-state index in [0.29, 0.717) is 11.8 Å². The quantitative estimate of drug-likeness (QED) is 0.791. The first-order valence-corrected chi connectivity index (χ1v) is 9.18. The molecule has 2 heterocycles. The molecule has 0 aromatic rings. The van der Waals surface area contributed by atoms with E-state index in [1.165, 1.54) is 0 Å². The largest absolute Gasteiger partial charge is 0.342 e. The van der Waals surface area contributed by atoms with Crippen LogP contribution in [0.5, 0.6) is 0 Å². The summed E-state index contributed by atoms with van der Waals surface area (Å²) in [6.45, 7) is 14.5. The highest BCUT2D eigenvalue weighted by molar-refractivity contribution is 5.78. The van der Waals surface area contributed by atoms with Crippen LogP contribution in [-0.2, 0) is 9.59 Å². The standard InChI is InChI=1S/C18H33N3O2/c1-14(2)17(22)20-7-5-16(6-8-20)13-19-9-11-21(12-10-19)18(23)15(3)4/h14-16H,5-13H2,1-4H3. The Hall–Kier alpha value is -1.10. The van der Waals surface area contributed by atoms with E-state index in [0.717, 1.165) is 58.7 Å². The summed E-state index contributed by atoms with van der Waals surface area (Å²) in [6.07, 6.45) is 2.23. The molecule has 0 spiro atoms. The lowest BCUT2D eigenvalue weighted by Crippen LogP contribution is -2.51. The number of piperazine rings is 1. The number of carbonyl (C=O) groups is 2. The fourth-order valence-corrected chi connectivity index (χ4v) is 3.58. The Kier molecular flexibility index (Phi) is 6.45. The summed E-state index contributed by atoms with van der Waals surface area (Å²) < 4.78 is 0. The molecule has 132 valence electrons. The van der Waals surface area contributed by atoms with Gasteiger partial charge in [-0.15, -0.1) is 0 Å². The molecule has 2 amide bonds. The van der Waals surface area contributed by atoms with Crippen molar-refractivity contribution in [2.75, 3.05) is 45.8 Å². The highest BCUT2D eigenvalue weighted by Crippen LogP contribution is 2.20. The molecule has 0 aromatic heterocycles. The van der Waals surface area contributed by atoms with Gasteiger partial charge in [-0.3, -0.25) is 14.5 Å². The van der Waals surface area contributed by atoms with Crippen LogP contribution in [0, 0.1) is 17.8 Å². The van der Waals surface area contributed by atoms with Crippen LogP contribution in [0.2, 0.25) is 0 Å². The second-order valence-corrected chi connectivity index (χ2v) is 7.70. The molecule has 5 heteroatoms. The van der Waals surface area contributed by atoms with Gasteiger partial charge >= 0.3 is 0 Å². The van der Waals surface area contributed by atoms with E-state index in [9.17, 15) is 9.59 Å². The second-order valence-electron chi connectivity index (χ2n) is 7.70. The van der Waals surface area contributed by atoms with Crippen molar-refractivity contribution in [3.05, 3.63) is 0 Å². The number of likely N-dealkylation sites (tertiary alicyclic amines) is 1. The van der Waals surface area contributed by atoms with Crippen LogP contribution < -0.4 is 0 Å². The molecule has 0 N–H and O–H groups in total. The third-order valence-corrected chi connectivity index (χ3v) is 5.11. The lowest BCUT2D eigenvalue weighted by Gasteiger charge is -2.39. The van der Waals surface area contributed by atoms with Crippen LogP contribution in [-0.4, -0.2) is 72.3 Å². The smallest absolute Gasteiger partial charge is 0.225 e. The molecule has 0 aliphatic carbocycles. The Labute approximate surface area is 141 Å². The van der Waals surface area contributed by atoms with Crippen LogP contribution in [0.15, 0.2) is 0 Å². The Morgan fingerprint density at radius 3 is 1.65 bits per heavy atom. The van der Waals surface area contributed by atoms with Crippen LogP contribution in [0.4, 0.5) is 0 Å². The van der Waals surface area contributed by atoms with Crippen molar-refractivity contribution < 1.29 is 9.59 Å². The second kappa shape index (κ2) is 8.13. The number of hydrogen-bond acceptors (Lipinski definition) is 3. The zero-order valence-corrected chi connectivity index (χ0v) is 15.3. The molecule has 0 radical (unpaired) electrons. The van der Waals surface area contributed by atoms with Crippen molar-refractivity contribution in [3.63, 3.8) is 0 Å². The van der Waals surface area contributed by atoms with Crippen molar-refractivity contribution >= 4 is 11.8 Å². The molecule has 2 saturated heterocycles. The molecule has 2 rings (SSSR count). The third kappa shape index (κ3) is 4.93. The Morgan fingerprint density at radius 1 is 0.783 bits per heavy atom. The SMILES string of the molecule is CC(C)C(=O)N1CCC(CN2CCN(C(=O)C(C)C)CC2)CC1. The maximum Gasteiger partial charge on any atom is 0.225 e. The van der Waals surface area contributed by atoms with Gasteiger partial charge in [-0.2, -0.15) is 0 Å². The van der Waals surface area contributed by atoms with E-state index in [2.05, 4.69) is 4.90 Å². The van der Waals surface area contributed by atoms with E-state index in [1.54, 1.807) is 0 Å². The predicted octanol–water partition coefficient (Wildman–Crippen LogP) is 1.68. The summed E-state index contributed by atoms with van der Waals surface area (Å²) in [5.74, 6) is 1.48. The maximum absolute atomic E-state index is 12.0. The Morgan fingerprint density at radius 2 is 1.22 bits per heavy atom. The fourth-order valence-electron chi connectivity index (χ4n) is 3.58. The molecular weight excluding hydrogens is 290 g/mol. The number of rotatable bonds is 4. The maximum atomic E-state index is 12.0. The van der Waals surface area contributed by atoms with Gasteiger partial charge in [0.2, 0.25) is 11.8 Å². The van der Waals surface area contributed by atoms with Crippen LogP contribution in [0.25, 0.3) is 0 Å². The van der Waals surface area contributed by atoms with Crippen LogP contribution in [0.1, 0.15) is 40.5 Å². The van der Waals surface area contributed by atoms with Gasteiger partial charge in [0.25, 0.3) is 0 Å². The molecule has 0 aromatic carbocycles. The number of piperidine rings is 1. The summed E-state index contributed by atoms with van der Waals surface area (Å²) in [6, 6.07) is 0. The first kappa shape index (κ1) is 18.2. The van der Waals surface area contributed by atoms with Gasteiger partial charge in [-0.1, -0.05) is 27.7 Å².